The summed E-state index contributed by atoms with van der Waals surface area (Å²) in [5, 5.41) is 0.503. The summed E-state index contributed by atoms with van der Waals surface area (Å²) >= 11 is 6.59. The number of hydrogen-bond acceptors (Lipinski definition) is 6. The van der Waals surface area contributed by atoms with Gasteiger partial charge in [0.15, 0.2) is 0 Å². The number of benzene rings is 2. The molecule has 1 heterocycles. The van der Waals surface area contributed by atoms with Crippen molar-refractivity contribution in [2.75, 3.05) is 4.90 Å². The summed E-state index contributed by atoms with van der Waals surface area (Å²) in [6.07, 6.45) is 5.08. The van der Waals surface area contributed by atoms with Crippen LogP contribution in [0.2, 0.25) is 5.02 Å². The number of anilines is 1. The third-order valence-corrected chi connectivity index (χ3v) is 5.87. The van der Waals surface area contributed by atoms with Gasteiger partial charge in [-0.15, -0.1) is 0 Å². The molecule has 1 aliphatic heterocycles. The van der Waals surface area contributed by atoms with Crippen LogP contribution in [-0.4, -0.2) is 17.6 Å². The fourth-order valence-electron chi connectivity index (χ4n) is 4.24. The number of hydrogen-bond donors (Lipinski definition) is 2. The number of halogens is 1. The number of nitrogens with zero attached hydrogens (tertiary/aromatic N) is 3. The predicted octanol–water partition coefficient (Wildman–Crippen LogP) is 4.86. The van der Waals surface area contributed by atoms with Gasteiger partial charge in [-0.1, -0.05) is 35.7 Å². The summed E-state index contributed by atoms with van der Waals surface area (Å²) in [6, 6.07) is 11.7. The topological polar surface area (TPSA) is 89.2 Å². The average molecular weight is 412 g/mol. The van der Waals surface area contributed by atoms with Crippen molar-refractivity contribution >= 4 is 29.2 Å². The number of nitrogens with two attached hydrogens (primary N) is 2. The van der Waals surface area contributed by atoms with Crippen molar-refractivity contribution in [2.24, 2.45) is 21.5 Å². The molecule has 1 aliphatic carbocycles. The fraction of sp³-hybridized carbons (Fsp3) is 0.364. The van der Waals surface area contributed by atoms with Crippen LogP contribution in [0, 0.1) is 13.8 Å². The van der Waals surface area contributed by atoms with Crippen LogP contribution in [0.4, 0.5) is 5.69 Å². The second kappa shape index (κ2) is 7.59. The van der Waals surface area contributed by atoms with Crippen LogP contribution in [0.1, 0.15) is 43.2 Å². The zero-order valence-electron chi connectivity index (χ0n) is 16.8. The Morgan fingerprint density at radius 3 is 2.41 bits per heavy atom. The quantitative estimate of drug-likeness (QED) is 0.754. The van der Waals surface area contributed by atoms with Gasteiger partial charge in [-0.25, -0.2) is 4.99 Å². The van der Waals surface area contributed by atoms with E-state index in [-0.39, 0.29) is 5.96 Å². The van der Waals surface area contributed by atoms with Gasteiger partial charge in [-0.3, -0.25) is 4.90 Å². The Bertz CT molecular complexity index is 995. The van der Waals surface area contributed by atoms with E-state index in [9.17, 15) is 0 Å². The van der Waals surface area contributed by atoms with E-state index in [0.717, 1.165) is 42.7 Å². The number of aryl methyl sites for hydroxylation is 2. The van der Waals surface area contributed by atoms with Gasteiger partial charge < -0.3 is 16.2 Å². The van der Waals surface area contributed by atoms with E-state index >= 15 is 0 Å². The Morgan fingerprint density at radius 1 is 1.00 bits per heavy atom. The predicted molar refractivity (Wildman–Crippen MR) is 119 cm³/mol. The van der Waals surface area contributed by atoms with Gasteiger partial charge >= 0.3 is 0 Å². The minimum atomic E-state index is -0.493. The Labute approximate surface area is 176 Å². The van der Waals surface area contributed by atoms with Crippen molar-refractivity contribution in [3.8, 4) is 11.5 Å². The zero-order valence-corrected chi connectivity index (χ0v) is 17.5. The van der Waals surface area contributed by atoms with E-state index < -0.39 is 5.66 Å². The summed E-state index contributed by atoms with van der Waals surface area (Å²) < 4.78 is 6.06. The average Bonchev–Trinajstić information content (AvgIpc) is 2.65. The van der Waals surface area contributed by atoms with Crippen LogP contribution >= 0.6 is 11.6 Å². The van der Waals surface area contributed by atoms with E-state index in [2.05, 4.69) is 18.0 Å². The first-order valence-electron chi connectivity index (χ1n) is 9.92. The molecular formula is C22H26ClN5O. The first kappa shape index (κ1) is 19.6. The zero-order chi connectivity index (χ0) is 20.6. The smallest absolute Gasteiger partial charge is 0.220 e. The van der Waals surface area contributed by atoms with Crippen LogP contribution in [0.25, 0.3) is 0 Å². The lowest BCUT2D eigenvalue weighted by Crippen LogP contribution is -2.58. The van der Waals surface area contributed by atoms with E-state index in [1.54, 1.807) is 0 Å². The van der Waals surface area contributed by atoms with Crippen molar-refractivity contribution in [3.63, 3.8) is 0 Å². The normalized spacial score (nSPS) is 18.4. The maximum Gasteiger partial charge on any atom is 0.220 e. The first-order chi connectivity index (χ1) is 13.9. The summed E-state index contributed by atoms with van der Waals surface area (Å²) in [6.45, 7) is 4.07. The molecule has 1 saturated carbocycles. The third kappa shape index (κ3) is 3.77. The Balaban J connectivity index is 1.67. The molecule has 1 fully saturated rings. The lowest BCUT2D eigenvalue weighted by atomic mass is 9.87. The van der Waals surface area contributed by atoms with E-state index in [1.807, 2.05) is 42.2 Å². The van der Waals surface area contributed by atoms with Crippen molar-refractivity contribution in [1.29, 1.82) is 0 Å². The molecule has 4 rings (SSSR count). The third-order valence-electron chi connectivity index (χ3n) is 5.58. The molecule has 0 radical (unpaired) electrons. The molecule has 2 aliphatic rings. The number of aliphatic imine (C=N–C) groups is 2. The highest BCUT2D eigenvalue weighted by atomic mass is 35.5. The number of guanidine groups is 2. The summed E-state index contributed by atoms with van der Waals surface area (Å²) in [4.78, 5) is 10.9. The Morgan fingerprint density at radius 2 is 1.72 bits per heavy atom. The molecule has 7 heteroatoms. The SMILES string of the molecule is Cc1ccc(Oc2ccc(N3C(N)=NC(N)=NC34CCCCC4)cc2Cl)c(C)c1. The van der Waals surface area contributed by atoms with Gasteiger partial charge in [0.25, 0.3) is 0 Å². The summed E-state index contributed by atoms with van der Waals surface area (Å²) in [5.74, 6) is 1.96. The van der Waals surface area contributed by atoms with E-state index in [4.69, 9.17) is 32.8 Å². The number of rotatable bonds is 3. The Kier molecular flexibility index (Phi) is 5.13. The lowest BCUT2D eigenvalue weighted by molar-refractivity contribution is 0.305. The van der Waals surface area contributed by atoms with E-state index in [1.165, 1.54) is 12.0 Å². The second-order valence-electron chi connectivity index (χ2n) is 7.80. The highest BCUT2D eigenvalue weighted by Crippen LogP contribution is 2.42. The molecule has 29 heavy (non-hydrogen) atoms. The van der Waals surface area contributed by atoms with Gasteiger partial charge in [0.1, 0.15) is 17.2 Å². The molecule has 0 aromatic heterocycles. The van der Waals surface area contributed by atoms with E-state index in [0.29, 0.717) is 16.7 Å². The van der Waals surface area contributed by atoms with Crippen LogP contribution in [-0.2, 0) is 0 Å². The summed E-state index contributed by atoms with van der Waals surface area (Å²) in [5.41, 5.74) is 14.8. The van der Waals surface area contributed by atoms with Crippen LogP contribution in [0.5, 0.6) is 11.5 Å². The molecular weight excluding hydrogens is 386 g/mol. The van der Waals surface area contributed by atoms with Crippen molar-refractivity contribution in [2.45, 2.75) is 51.6 Å². The molecule has 4 N–H and O–H groups in total. The summed E-state index contributed by atoms with van der Waals surface area (Å²) in [7, 11) is 0. The molecule has 0 saturated heterocycles. The molecule has 152 valence electrons. The largest absolute Gasteiger partial charge is 0.456 e. The molecule has 0 unspecified atom stereocenters. The van der Waals surface area contributed by atoms with Crippen LogP contribution < -0.4 is 21.1 Å². The van der Waals surface area contributed by atoms with Crippen molar-refractivity contribution < 1.29 is 4.74 Å². The van der Waals surface area contributed by atoms with Gasteiger partial charge in [-0.05, 0) is 69.4 Å². The molecule has 2 aromatic rings. The minimum absolute atomic E-state index is 0.238. The standard InChI is InChI=1S/C22H26ClN5O/c1-14-6-8-18(15(2)12-14)29-19-9-7-16(13-17(19)23)28-21(25)26-20(24)27-22(28)10-4-3-5-11-22/h6-9,12-13H,3-5,10-11H2,1-2H3,(H4,24,25,26,27). The maximum absolute atomic E-state index is 6.59. The molecule has 6 nitrogen and oxygen atoms in total. The maximum atomic E-state index is 6.59. The highest BCUT2D eigenvalue weighted by molar-refractivity contribution is 6.32. The molecule has 0 bridgehead atoms. The van der Waals surface area contributed by atoms with Crippen LogP contribution in [0.3, 0.4) is 0 Å². The van der Waals surface area contributed by atoms with Crippen molar-refractivity contribution in [1.82, 2.24) is 0 Å². The number of ether oxygens (including phenoxy) is 1. The first-order valence-corrected chi connectivity index (χ1v) is 10.3. The van der Waals surface area contributed by atoms with Gasteiger partial charge in [-0.2, -0.15) is 4.99 Å². The molecule has 0 amide bonds. The van der Waals surface area contributed by atoms with Gasteiger partial charge in [0, 0.05) is 5.69 Å². The molecule has 1 spiro atoms. The lowest BCUT2D eigenvalue weighted by Gasteiger charge is -2.45. The molecule has 2 aromatic carbocycles. The van der Waals surface area contributed by atoms with Crippen molar-refractivity contribution in [3.05, 3.63) is 52.5 Å². The van der Waals surface area contributed by atoms with Gasteiger partial charge in [0.05, 0.1) is 5.02 Å². The fourth-order valence-corrected chi connectivity index (χ4v) is 4.45. The second-order valence-corrected chi connectivity index (χ2v) is 8.21. The highest BCUT2D eigenvalue weighted by Gasteiger charge is 2.42. The minimum Gasteiger partial charge on any atom is -0.456 e. The van der Waals surface area contributed by atoms with Gasteiger partial charge in [0.2, 0.25) is 11.9 Å². The van der Waals surface area contributed by atoms with Crippen LogP contribution in [0.15, 0.2) is 46.4 Å². The monoisotopic (exact) mass is 411 g/mol. The Hall–Kier alpha value is -2.73. The molecule has 0 atom stereocenters.